The average molecular weight is 331 g/mol. The fraction of sp³-hybridized carbons (Fsp3) is 0.0667. The molecule has 3 rings (SSSR count). The van der Waals surface area contributed by atoms with E-state index >= 15 is 0 Å². The van der Waals surface area contributed by atoms with Crippen molar-refractivity contribution in [1.29, 1.82) is 0 Å². The quantitative estimate of drug-likeness (QED) is 0.751. The summed E-state index contributed by atoms with van der Waals surface area (Å²) in [6.45, 7) is 0. The summed E-state index contributed by atoms with van der Waals surface area (Å²) >= 11 is 3.42. The van der Waals surface area contributed by atoms with E-state index in [0.29, 0.717) is 16.9 Å². The van der Waals surface area contributed by atoms with Crippen LogP contribution >= 0.6 is 15.9 Å². The van der Waals surface area contributed by atoms with Gasteiger partial charge < -0.3 is 5.73 Å². The maximum atomic E-state index is 12.5. The van der Waals surface area contributed by atoms with Gasteiger partial charge in [0.15, 0.2) is 5.78 Å². The number of nitrogens with zero attached hydrogens (tertiary/aromatic N) is 1. The van der Waals surface area contributed by atoms with Crippen LogP contribution in [0, 0.1) is 0 Å². The van der Waals surface area contributed by atoms with Crippen LogP contribution in [0.1, 0.15) is 20.7 Å². The Morgan fingerprint density at radius 1 is 1.05 bits per heavy atom. The molecule has 0 bridgehead atoms. The van der Waals surface area contributed by atoms with Crippen molar-refractivity contribution < 1.29 is 9.59 Å². The third-order valence-corrected chi connectivity index (χ3v) is 4.22. The molecule has 2 N–H and O–H groups in total. The molecule has 1 aliphatic rings. The van der Waals surface area contributed by atoms with Gasteiger partial charge in [0.05, 0.1) is 11.4 Å². The molecule has 20 heavy (non-hydrogen) atoms. The minimum Gasteiger partial charge on any atom is -0.351 e. The van der Waals surface area contributed by atoms with Crippen LogP contribution in [0.5, 0.6) is 0 Å². The summed E-state index contributed by atoms with van der Waals surface area (Å²) in [7, 11) is 0. The van der Waals surface area contributed by atoms with Crippen molar-refractivity contribution in [2.24, 2.45) is 5.73 Å². The number of urea groups is 1. The molecule has 1 atom stereocenters. The van der Waals surface area contributed by atoms with Crippen LogP contribution in [0.2, 0.25) is 0 Å². The van der Waals surface area contributed by atoms with Crippen LogP contribution < -0.4 is 10.6 Å². The number of alkyl halides is 1. The number of fused-ring (bicyclic) bond motifs is 2. The zero-order chi connectivity index (χ0) is 14.3. The molecule has 0 spiro atoms. The Morgan fingerprint density at radius 3 is 2.35 bits per heavy atom. The minimum atomic E-state index is -0.612. The molecule has 5 heteroatoms. The fourth-order valence-electron chi connectivity index (χ4n) is 2.43. The first kappa shape index (κ1) is 12.9. The largest absolute Gasteiger partial charge is 0.351 e. The second kappa shape index (κ2) is 4.76. The van der Waals surface area contributed by atoms with Gasteiger partial charge in [0.1, 0.15) is 4.83 Å². The van der Waals surface area contributed by atoms with E-state index < -0.39 is 10.9 Å². The SMILES string of the molecule is NC(=O)N1c2ccccc2C(=O)[C@H](Br)c2ccccc21. The highest BCUT2D eigenvalue weighted by molar-refractivity contribution is 9.09. The Balaban J connectivity index is 2.36. The molecule has 0 saturated carbocycles. The number of halogens is 1. The van der Waals surface area contributed by atoms with Crippen LogP contribution in [0.15, 0.2) is 48.5 Å². The van der Waals surface area contributed by atoms with Gasteiger partial charge in [-0.1, -0.05) is 46.3 Å². The lowest BCUT2D eigenvalue weighted by Gasteiger charge is -2.22. The number of primary amides is 1. The Hall–Kier alpha value is -2.14. The number of Topliss-reactive ketones (excluding diaryl/α,β-unsaturated/α-hetero) is 1. The first-order valence-electron chi connectivity index (χ1n) is 6.07. The van der Waals surface area contributed by atoms with Crippen molar-refractivity contribution in [1.82, 2.24) is 0 Å². The number of hydrogen-bond acceptors (Lipinski definition) is 2. The zero-order valence-corrected chi connectivity index (χ0v) is 12.0. The molecular weight excluding hydrogens is 320 g/mol. The molecule has 0 saturated heterocycles. The first-order chi connectivity index (χ1) is 9.61. The highest BCUT2D eigenvalue weighted by atomic mass is 79.9. The molecular formula is C15H11BrN2O2. The summed E-state index contributed by atoms with van der Waals surface area (Å²) in [4.78, 5) is 25.3. The van der Waals surface area contributed by atoms with Gasteiger partial charge in [0.2, 0.25) is 0 Å². The Kier molecular flexibility index (Phi) is 3.06. The van der Waals surface area contributed by atoms with E-state index in [4.69, 9.17) is 5.73 Å². The normalized spacial score (nSPS) is 17.1. The highest BCUT2D eigenvalue weighted by Gasteiger charge is 2.33. The van der Waals surface area contributed by atoms with Crippen molar-refractivity contribution in [2.75, 3.05) is 4.90 Å². The summed E-state index contributed by atoms with van der Waals surface area (Å²) in [5, 5.41) is 0. The summed E-state index contributed by atoms with van der Waals surface area (Å²) in [6.07, 6.45) is 0. The maximum absolute atomic E-state index is 12.5. The Labute approximate surface area is 124 Å². The third-order valence-electron chi connectivity index (χ3n) is 3.31. The van der Waals surface area contributed by atoms with Gasteiger partial charge in [-0.05, 0) is 23.8 Å². The Bertz CT molecular complexity index is 715. The van der Waals surface area contributed by atoms with Crippen molar-refractivity contribution >= 4 is 39.1 Å². The first-order valence-corrected chi connectivity index (χ1v) is 6.98. The summed E-state index contributed by atoms with van der Waals surface area (Å²) in [6, 6.07) is 13.6. The second-order valence-electron chi connectivity index (χ2n) is 4.48. The predicted octanol–water partition coefficient (Wildman–Crippen LogP) is 3.54. The van der Waals surface area contributed by atoms with E-state index in [0.717, 1.165) is 5.56 Å². The number of rotatable bonds is 0. The van der Waals surface area contributed by atoms with Gasteiger partial charge in [-0.3, -0.25) is 9.69 Å². The maximum Gasteiger partial charge on any atom is 0.323 e. The molecule has 4 nitrogen and oxygen atoms in total. The highest BCUT2D eigenvalue weighted by Crippen LogP contribution is 2.42. The smallest absolute Gasteiger partial charge is 0.323 e. The molecule has 2 aromatic rings. The van der Waals surface area contributed by atoms with Gasteiger partial charge in [0, 0.05) is 5.56 Å². The molecule has 0 aromatic heterocycles. The standard InChI is InChI=1S/C15H11BrN2O2/c16-13-9-5-1-3-7-11(9)18(15(17)20)12-8-4-2-6-10(12)14(13)19/h1-8,13H,(H2,17,20)/t13-/m1/s1. The number of carbonyl (C=O) groups is 2. The average Bonchev–Trinajstić information content (AvgIpc) is 2.55. The number of amides is 2. The molecule has 0 radical (unpaired) electrons. The fourth-order valence-corrected chi connectivity index (χ4v) is 3.06. The lowest BCUT2D eigenvalue weighted by atomic mass is 10.0. The monoisotopic (exact) mass is 330 g/mol. The number of carbonyl (C=O) groups excluding carboxylic acids is 2. The molecule has 0 fully saturated rings. The van der Waals surface area contributed by atoms with Crippen molar-refractivity contribution in [2.45, 2.75) is 4.83 Å². The van der Waals surface area contributed by atoms with Crippen LogP contribution in [-0.2, 0) is 0 Å². The number of nitrogens with two attached hydrogens (primary N) is 1. The van der Waals surface area contributed by atoms with E-state index in [1.807, 2.05) is 18.2 Å². The van der Waals surface area contributed by atoms with Gasteiger partial charge in [-0.15, -0.1) is 0 Å². The summed E-state index contributed by atoms with van der Waals surface area (Å²) in [5.74, 6) is -0.0863. The molecule has 1 aliphatic heterocycles. The number of hydrogen-bond donors (Lipinski definition) is 1. The van der Waals surface area contributed by atoms with Crippen LogP contribution in [0.3, 0.4) is 0 Å². The Morgan fingerprint density at radius 2 is 1.65 bits per heavy atom. The van der Waals surface area contributed by atoms with E-state index in [1.165, 1.54) is 4.90 Å². The summed E-state index contributed by atoms with van der Waals surface area (Å²) in [5.41, 5.74) is 7.86. The van der Waals surface area contributed by atoms with Gasteiger partial charge in [0.25, 0.3) is 0 Å². The van der Waals surface area contributed by atoms with E-state index in [9.17, 15) is 9.59 Å². The number of benzene rings is 2. The zero-order valence-electron chi connectivity index (χ0n) is 10.4. The van der Waals surface area contributed by atoms with Gasteiger partial charge in [-0.25, -0.2) is 4.79 Å². The predicted molar refractivity (Wildman–Crippen MR) is 80.6 cm³/mol. The van der Waals surface area contributed by atoms with Crippen molar-refractivity contribution in [3.8, 4) is 0 Å². The van der Waals surface area contributed by atoms with Gasteiger partial charge in [-0.2, -0.15) is 0 Å². The lowest BCUT2D eigenvalue weighted by Crippen LogP contribution is -2.32. The lowest BCUT2D eigenvalue weighted by molar-refractivity contribution is 0.0993. The molecule has 2 amide bonds. The topological polar surface area (TPSA) is 63.4 Å². The molecule has 0 unspecified atom stereocenters. The van der Waals surface area contributed by atoms with E-state index in [-0.39, 0.29) is 5.78 Å². The number of para-hydroxylation sites is 2. The molecule has 0 aliphatic carbocycles. The van der Waals surface area contributed by atoms with Crippen LogP contribution in [0.4, 0.5) is 16.2 Å². The van der Waals surface area contributed by atoms with Crippen molar-refractivity contribution in [3.63, 3.8) is 0 Å². The third kappa shape index (κ3) is 1.82. The minimum absolute atomic E-state index is 0.0863. The number of anilines is 2. The molecule has 2 aromatic carbocycles. The molecule has 100 valence electrons. The van der Waals surface area contributed by atoms with Crippen molar-refractivity contribution in [3.05, 3.63) is 59.7 Å². The second-order valence-corrected chi connectivity index (χ2v) is 5.39. The van der Waals surface area contributed by atoms with E-state index in [2.05, 4.69) is 15.9 Å². The van der Waals surface area contributed by atoms with Crippen LogP contribution in [-0.4, -0.2) is 11.8 Å². The van der Waals surface area contributed by atoms with Gasteiger partial charge >= 0.3 is 6.03 Å². The van der Waals surface area contributed by atoms with Crippen LogP contribution in [0.25, 0.3) is 0 Å². The number of ketones is 1. The summed E-state index contributed by atoms with van der Waals surface area (Å²) < 4.78 is 0. The molecule has 1 heterocycles. The van der Waals surface area contributed by atoms with E-state index in [1.54, 1.807) is 30.3 Å².